The first-order valence-corrected chi connectivity index (χ1v) is 5.44. The van der Waals surface area contributed by atoms with E-state index in [1.54, 1.807) is 0 Å². The Hall–Kier alpha value is -0.670. The van der Waals surface area contributed by atoms with Crippen molar-refractivity contribution in [3.63, 3.8) is 0 Å². The first-order valence-electron chi connectivity index (χ1n) is 4.65. The Balaban J connectivity index is 2.49. The molecule has 0 radical (unpaired) electrons. The molecule has 0 N–H and O–H groups in total. The minimum Gasteiger partial charge on any atom is -0.369 e. The Morgan fingerprint density at radius 1 is 1.64 bits per heavy atom. The summed E-state index contributed by atoms with van der Waals surface area (Å²) in [5.74, 6) is 0. The highest BCUT2D eigenvalue weighted by Gasteiger charge is 2.22. The van der Waals surface area contributed by atoms with E-state index in [4.69, 9.17) is 4.74 Å². The van der Waals surface area contributed by atoms with Gasteiger partial charge in [-0.3, -0.25) is 4.79 Å². The van der Waals surface area contributed by atoms with Crippen molar-refractivity contribution in [3.05, 3.63) is 33.3 Å². The maximum atomic E-state index is 10.7. The van der Waals surface area contributed by atoms with E-state index in [1.165, 1.54) is 5.56 Å². The van der Waals surface area contributed by atoms with E-state index < -0.39 is 0 Å². The molecule has 0 saturated carbocycles. The van der Waals surface area contributed by atoms with Gasteiger partial charge in [0, 0.05) is 10.0 Å². The van der Waals surface area contributed by atoms with Gasteiger partial charge in [0.1, 0.15) is 0 Å². The third-order valence-electron chi connectivity index (χ3n) is 2.54. The average Bonchev–Trinajstić information content (AvgIpc) is 2.58. The van der Waals surface area contributed by atoms with Gasteiger partial charge in [0.25, 0.3) is 0 Å². The fraction of sp³-hybridized carbons (Fsp3) is 0.364. The van der Waals surface area contributed by atoms with Gasteiger partial charge in [-0.2, -0.15) is 0 Å². The van der Waals surface area contributed by atoms with Crippen LogP contribution < -0.4 is 0 Å². The van der Waals surface area contributed by atoms with Gasteiger partial charge in [-0.25, -0.2) is 0 Å². The number of halogens is 1. The second-order valence-corrected chi connectivity index (χ2v) is 4.25. The number of rotatable bonds is 2. The Morgan fingerprint density at radius 2 is 2.43 bits per heavy atom. The molecule has 1 aliphatic rings. The van der Waals surface area contributed by atoms with Gasteiger partial charge in [0.05, 0.1) is 12.7 Å². The average molecular weight is 255 g/mol. The quantitative estimate of drug-likeness (QED) is 0.758. The maximum Gasteiger partial charge on any atom is 0.151 e. The minimum absolute atomic E-state index is 0.196. The van der Waals surface area contributed by atoms with E-state index in [0.29, 0.717) is 12.2 Å². The first-order chi connectivity index (χ1) is 6.76. The molecule has 0 amide bonds. The number of carbonyl (C=O) groups excluding carboxylic acids is 1. The molecule has 3 heteroatoms. The molecule has 0 fully saturated rings. The number of carbonyl (C=O) groups is 1. The van der Waals surface area contributed by atoms with Crippen LogP contribution in [-0.2, 0) is 11.3 Å². The summed E-state index contributed by atoms with van der Waals surface area (Å²) >= 11 is 3.38. The van der Waals surface area contributed by atoms with Crippen molar-refractivity contribution in [1.82, 2.24) is 0 Å². The monoisotopic (exact) mass is 254 g/mol. The van der Waals surface area contributed by atoms with E-state index in [-0.39, 0.29) is 6.10 Å². The van der Waals surface area contributed by atoms with Crippen LogP contribution in [0.25, 0.3) is 0 Å². The predicted octanol–water partition coefficient (Wildman–Crippen LogP) is 3.24. The molecule has 1 aromatic rings. The summed E-state index contributed by atoms with van der Waals surface area (Å²) < 4.78 is 6.45. The number of aldehydes is 1. The van der Waals surface area contributed by atoms with Gasteiger partial charge < -0.3 is 4.74 Å². The van der Waals surface area contributed by atoms with Crippen LogP contribution in [-0.4, -0.2) is 6.29 Å². The van der Waals surface area contributed by atoms with Crippen molar-refractivity contribution in [2.45, 2.75) is 26.1 Å². The summed E-state index contributed by atoms with van der Waals surface area (Å²) in [6.45, 7) is 2.73. The van der Waals surface area contributed by atoms with E-state index in [0.717, 1.165) is 22.7 Å². The largest absolute Gasteiger partial charge is 0.369 e. The predicted molar refractivity (Wildman–Crippen MR) is 57.4 cm³/mol. The third kappa shape index (κ3) is 1.51. The fourth-order valence-corrected chi connectivity index (χ4v) is 2.24. The smallest absolute Gasteiger partial charge is 0.151 e. The molecule has 2 nitrogen and oxygen atoms in total. The van der Waals surface area contributed by atoms with E-state index in [2.05, 4.69) is 22.9 Å². The zero-order valence-electron chi connectivity index (χ0n) is 7.92. The van der Waals surface area contributed by atoms with Crippen LogP contribution in [0, 0.1) is 0 Å². The zero-order chi connectivity index (χ0) is 10.1. The summed E-state index contributed by atoms with van der Waals surface area (Å²) in [6.07, 6.45) is 2.03. The summed E-state index contributed by atoms with van der Waals surface area (Å²) in [4.78, 5) is 10.7. The number of ether oxygens (including phenoxy) is 1. The van der Waals surface area contributed by atoms with E-state index in [9.17, 15) is 4.79 Å². The molecule has 1 aliphatic heterocycles. The van der Waals surface area contributed by atoms with Gasteiger partial charge in [-0.1, -0.05) is 22.9 Å². The standard InChI is InChI=1S/C11H11BrO2/c1-2-11-9-4-10(12)7(5-13)3-8(9)6-14-11/h3-5,11H,2,6H2,1H3. The molecule has 2 rings (SSSR count). The molecule has 0 aliphatic carbocycles. The number of hydrogen-bond donors (Lipinski definition) is 0. The number of fused-ring (bicyclic) bond motifs is 1. The van der Waals surface area contributed by atoms with Crippen LogP contribution >= 0.6 is 15.9 Å². The normalized spacial score (nSPS) is 19.4. The van der Waals surface area contributed by atoms with Crippen molar-refractivity contribution < 1.29 is 9.53 Å². The van der Waals surface area contributed by atoms with Crippen LogP contribution in [0.3, 0.4) is 0 Å². The molecule has 1 aromatic carbocycles. The lowest BCUT2D eigenvalue weighted by atomic mass is 10.0. The Kier molecular flexibility index (Phi) is 2.70. The minimum atomic E-state index is 0.196. The number of benzene rings is 1. The highest BCUT2D eigenvalue weighted by molar-refractivity contribution is 9.10. The topological polar surface area (TPSA) is 26.3 Å². The Bertz CT molecular complexity index is 374. The highest BCUT2D eigenvalue weighted by atomic mass is 79.9. The van der Waals surface area contributed by atoms with Crippen LogP contribution in [0.2, 0.25) is 0 Å². The summed E-state index contributed by atoms with van der Waals surface area (Å²) in [7, 11) is 0. The molecule has 1 heterocycles. The Morgan fingerprint density at radius 3 is 3.07 bits per heavy atom. The van der Waals surface area contributed by atoms with Crippen molar-refractivity contribution >= 4 is 22.2 Å². The van der Waals surface area contributed by atoms with Crippen LogP contribution in [0.1, 0.15) is 40.9 Å². The van der Waals surface area contributed by atoms with Gasteiger partial charge in [0.15, 0.2) is 6.29 Å². The zero-order valence-corrected chi connectivity index (χ0v) is 9.50. The van der Waals surface area contributed by atoms with Crippen LogP contribution in [0.15, 0.2) is 16.6 Å². The Labute approximate surface area is 91.4 Å². The molecule has 0 saturated heterocycles. The van der Waals surface area contributed by atoms with Gasteiger partial charge in [-0.05, 0) is 29.7 Å². The maximum absolute atomic E-state index is 10.7. The second kappa shape index (κ2) is 3.83. The lowest BCUT2D eigenvalue weighted by Gasteiger charge is -2.08. The van der Waals surface area contributed by atoms with E-state index >= 15 is 0 Å². The summed E-state index contributed by atoms with van der Waals surface area (Å²) in [6, 6.07) is 3.91. The summed E-state index contributed by atoms with van der Waals surface area (Å²) in [5.41, 5.74) is 3.05. The molecule has 1 unspecified atom stereocenters. The van der Waals surface area contributed by atoms with Crippen LogP contribution in [0.5, 0.6) is 0 Å². The molecule has 0 bridgehead atoms. The van der Waals surface area contributed by atoms with Gasteiger partial charge >= 0.3 is 0 Å². The molecule has 0 aromatic heterocycles. The molecule has 14 heavy (non-hydrogen) atoms. The second-order valence-electron chi connectivity index (χ2n) is 3.40. The molecular formula is C11H11BrO2. The van der Waals surface area contributed by atoms with E-state index in [1.807, 2.05) is 12.1 Å². The first kappa shape index (κ1) is 9.87. The molecule has 0 spiro atoms. The highest BCUT2D eigenvalue weighted by Crippen LogP contribution is 2.35. The van der Waals surface area contributed by atoms with Crippen molar-refractivity contribution in [1.29, 1.82) is 0 Å². The van der Waals surface area contributed by atoms with Gasteiger partial charge in [0.2, 0.25) is 0 Å². The fourth-order valence-electron chi connectivity index (χ4n) is 1.79. The molecule has 1 atom stereocenters. The van der Waals surface area contributed by atoms with Crippen LogP contribution in [0.4, 0.5) is 0 Å². The van der Waals surface area contributed by atoms with Crippen molar-refractivity contribution in [2.75, 3.05) is 0 Å². The number of hydrogen-bond acceptors (Lipinski definition) is 2. The lowest BCUT2D eigenvalue weighted by Crippen LogP contribution is -1.94. The lowest BCUT2D eigenvalue weighted by molar-refractivity contribution is 0.0636. The van der Waals surface area contributed by atoms with Gasteiger partial charge in [-0.15, -0.1) is 0 Å². The SMILES string of the molecule is CCC1OCc2cc(C=O)c(Br)cc21. The van der Waals surface area contributed by atoms with Crippen molar-refractivity contribution in [3.8, 4) is 0 Å². The molecular weight excluding hydrogens is 244 g/mol. The summed E-state index contributed by atoms with van der Waals surface area (Å²) in [5, 5.41) is 0. The third-order valence-corrected chi connectivity index (χ3v) is 3.23. The van der Waals surface area contributed by atoms with Crippen molar-refractivity contribution in [2.24, 2.45) is 0 Å². The molecule has 74 valence electrons.